The Morgan fingerprint density at radius 2 is 2.11 bits per heavy atom. The summed E-state index contributed by atoms with van der Waals surface area (Å²) >= 11 is 0. The normalized spacial score (nSPS) is 18.5. The van der Waals surface area contributed by atoms with Gasteiger partial charge < -0.3 is 5.32 Å². The molecule has 2 N–H and O–H groups in total. The number of nitrogens with one attached hydrogen (secondary N) is 2. The Morgan fingerprint density at radius 1 is 1.32 bits per heavy atom. The molecule has 1 amide bonds. The van der Waals surface area contributed by atoms with Crippen LogP contribution >= 0.6 is 0 Å². The molecule has 1 unspecified atom stereocenters. The number of amides is 1. The highest BCUT2D eigenvalue weighted by Gasteiger charge is 2.18. The maximum atomic E-state index is 11.9. The summed E-state index contributed by atoms with van der Waals surface area (Å²) in [6.07, 6.45) is 4.28. The molecule has 6 nitrogen and oxygen atoms in total. The van der Waals surface area contributed by atoms with Crippen molar-refractivity contribution in [3.8, 4) is 0 Å². The maximum Gasteiger partial charge on any atom is 0.249 e. The third-order valence-electron chi connectivity index (χ3n) is 3.35. The molecule has 1 atom stereocenters. The van der Waals surface area contributed by atoms with Crippen LogP contribution in [0.2, 0.25) is 0 Å². The van der Waals surface area contributed by atoms with Crippen molar-refractivity contribution in [2.45, 2.75) is 52.0 Å². The first-order valence-electron chi connectivity index (χ1n) is 6.98. The molecule has 104 valence electrons. The molecule has 1 saturated heterocycles. The van der Waals surface area contributed by atoms with Crippen molar-refractivity contribution in [2.75, 3.05) is 11.9 Å². The number of aromatic nitrogens is 3. The zero-order valence-electron chi connectivity index (χ0n) is 11.6. The SMILES string of the molecule is CCc1nnc(NC(=O)CC2CCCN2)nc1CC. The van der Waals surface area contributed by atoms with Gasteiger partial charge in [-0.2, -0.15) is 0 Å². The van der Waals surface area contributed by atoms with Crippen LogP contribution in [-0.2, 0) is 17.6 Å². The summed E-state index contributed by atoms with van der Waals surface area (Å²) in [7, 11) is 0. The smallest absolute Gasteiger partial charge is 0.249 e. The van der Waals surface area contributed by atoms with E-state index < -0.39 is 0 Å². The van der Waals surface area contributed by atoms with Crippen molar-refractivity contribution >= 4 is 11.9 Å². The van der Waals surface area contributed by atoms with E-state index in [9.17, 15) is 4.79 Å². The van der Waals surface area contributed by atoms with E-state index in [1.807, 2.05) is 13.8 Å². The Balaban J connectivity index is 1.96. The lowest BCUT2D eigenvalue weighted by atomic mass is 10.1. The van der Waals surface area contributed by atoms with E-state index >= 15 is 0 Å². The van der Waals surface area contributed by atoms with Crippen molar-refractivity contribution in [1.29, 1.82) is 0 Å². The lowest BCUT2D eigenvalue weighted by Crippen LogP contribution is -2.28. The van der Waals surface area contributed by atoms with E-state index in [0.29, 0.717) is 12.4 Å². The number of carbonyl (C=O) groups is 1. The highest BCUT2D eigenvalue weighted by atomic mass is 16.1. The number of hydrogen-bond acceptors (Lipinski definition) is 5. The molecule has 0 aliphatic carbocycles. The molecule has 19 heavy (non-hydrogen) atoms. The maximum absolute atomic E-state index is 11.9. The first kappa shape index (κ1) is 13.9. The molecule has 0 radical (unpaired) electrons. The fourth-order valence-corrected chi connectivity index (χ4v) is 2.32. The molecular weight excluding hydrogens is 242 g/mol. The fraction of sp³-hybridized carbons (Fsp3) is 0.692. The monoisotopic (exact) mass is 263 g/mol. The highest BCUT2D eigenvalue weighted by molar-refractivity contribution is 5.89. The van der Waals surface area contributed by atoms with Crippen molar-refractivity contribution in [3.05, 3.63) is 11.4 Å². The summed E-state index contributed by atoms with van der Waals surface area (Å²) in [5, 5.41) is 14.1. The van der Waals surface area contributed by atoms with Crippen LogP contribution in [-0.4, -0.2) is 33.7 Å². The van der Waals surface area contributed by atoms with Crippen LogP contribution in [0.1, 0.15) is 44.5 Å². The van der Waals surface area contributed by atoms with Crippen molar-refractivity contribution in [1.82, 2.24) is 20.5 Å². The highest BCUT2D eigenvalue weighted by Crippen LogP contribution is 2.11. The molecule has 2 heterocycles. The molecule has 1 aromatic heterocycles. The van der Waals surface area contributed by atoms with Gasteiger partial charge in [0.25, 0.3) is 0 Å². The Kier molecular flexibility index (Phi) is 4.79. The number of rotatable bonds is 5. The van der Waals surface area contributed by atoms with E-state index in [-0.39, 0.29) is 11.9 Å². The van der Waals surface area contributed by atoms with Crippen LogP contribution in [0.4, 0.5) is 5.95 Å². The largest absolute Gasteiger partial charge is 0.313 e. The second-order valence-electron chi connectivity index (χ2n) is 4.78. The van der Waals surface area contributed by atoms with Crippen LogP contribution in [0.3, 0.4) is 0 Å². The van der Waals surface area contributed by atoms with Gasteiger partial charge in [0.1, 0.15) is 0 Å². The predicted molar refractivity (Wildman–Crippen MR) is 72.9 cm³/mol. The summed E-state index contributed by atoms with van der Waals surface area (Å²) in [6, 6.07) is 0.286. The van der Waals surface area contributed by atoms with Gasteiger partial charge in [-0.3, -0.25) is 10.1 Å². The van der Waals surface area contributed by atoms with E-state index in [4.69, 9.17) is 0 Å². The van der Waals surface area contributed by atoms with Gasteiger partial charge in [0.2, 0.25) is 11.9 Å². The van der Waals surface area contributed by atoms with Crippen molar-refractivity contribution < 1.29 is 4.79 Å². The summed E-state index contributed by atoms with van der Waals surface area (Å²) in [4.78, 5) is 16.2. The van der Waals surface area contributed by atoms with Gasteiger partial charge in [-0.1, -0.05) is 13.8 Å². The molecule has 6 heteroatoms. The van der Waals surface area contributed by atoms with Gasteiger partial charge in [0, 0.05) is 12.5 Å². The van der Waals surface area contributed by atoms with E-state index in [0.717, 1.165) is 43.6 Å². The van der Waals surface area contributed by atoms with Gasteiger partial charge in [-0.05, 0) is 32.2 Å². The Hall–Kier alpha value is -1.56. The standard InChI is InChI=1S/C13H21N5O/c1-3-10-11(4-2)17-18-13(15-10)16-12(19)8-9-6-5-7-14-9/h9,14H,3-8H2,1-2H3,(H,15,16,18,19). The Morgan fingerprint density at radius 3 is 2.74 bits per heavy atom. The van der Waals surface area contributed by atoms with E-state index in [2.05, 4.69) is 25.8 Å². The lowest BCUT2D eigenvalue weighted by Gasteiger charge is -2.10. The molecule has 2 rings (SSSR count). The predicted octanol–water partition coefficient (Wildman–Crippen LogP) is 1.08. The molecule has 0 bridgehead atoms. The minimum atomic E-state index is -0.0486. The summed E-state index contributed by atoms with van der Waals surface area (Å²) in [6.45, 7) is 5.05. The molecule has 1 fully saturated rings. The minimum absolute atomic E-state index is 0.0486. The molecule has 0 saturated carbocycles. The quantitative estimate of drug-likeness (QED) is 0.831. The third kappa shape index (κ3) is 3.70. The van der Waals surface area contributed by atoms with Gasteiger partial charge in [0.05, 0.1) is 11.4 Å². The van der Waals surface area contributed by atoms with Crippen LogP contribution in [0.5, 0.6) is 0 Å². The molecule has 0 aromatic carbocycles. The molecule has 1 aliphatic rings. The molecule has 0 spiro atoms. The van der Waals surface area contributed by atoms with Crippen LogP contribution in [0.15, 0.2) is 0 Å². The topological polar surface area (TPSA) is 79.8 Å². The summed E-state index contributed by atoms with van der Waals surface area (Å²) in [5.41, 5.74) is 1.81. The van der Waals surface area contributed by atoms with Crippen LogP contribution in [0.25, 0.3) is 0 Å². The summed E-state index contributed by atoms with van der Waals surface area (Å²) < 4.78 is 0. The number of nitrogens with zero attached hydrogens (tertiary/aromatic N) is 3. The van der Waals surface area contributed by atoms with E-state index in [1.54, 1.807) is 0 Å². The Bertz CT molecular complexity index is 443. The number of carbonyl (C=O) groups excluding carboxylic acids is 1. The van der Waals surface area contributed by atoms with Crippen LogP contribution < -0.4 is 10.6 Å². The first-order chi connectivity index (χ1) is 9.22. The van der Waals surface area contributed by atoms with Gasteiger partial charge in [-0.15, -0.1) is 10.2 Å². The minimum Gasteiger partial charge on any atom is -0.313 e. The van der Waals surface area contributed by atoms with Gasteiger partial charge in [0.15, 0.2) is 0 Å². The molecule has 1 aliphatic heterocycles. The average molecular weight is 263 g/mol. The zero-order chi connectivity index (χ0) is 13.7. The number of anilines is 1. The number of aryl methyl sites for hydroxylation is 2. The van der Waals surface area contributed by atoms with Gasteiger partial charge >= 0.3 is 0 Å². The lowest BCUT2D eigenvalue weighted by molar-refractivity contribution is -0.116. The zero-order valence-corrected chi connectivity index (χ0v) is 11.6. The Labute approximate surface area is 113 Å². The average Bonchev–Trinajstić information content (AvgIpc) is 2.91. The second-order valence-corrected chi connectivity index (χ2v) is 4.78. The fourth-order valence-electron chi connectivity index (χ4n) is 2.32. The van der Waals surface area contributed by atoms with Crippen molar-refractivity contribution in [2.24, 2.45) is 0 Å². The van der Waals surface area contributed by atoms with Crippen LogP contribution in [0, 0.1) is 0 Å². The first-order valence-corrected chi connectivity index (χ1v) is 6.98. The number of hydrogen-bond donors (Lipinski definition) is 2. The van der Waals surface area contributed by atoms with Crippen molar-refractivity contribution in [3.63, 3.8) is 0 Å². The molecule has 1 aromatic rings. The van der Waals surface area contributed by atoms with E-state index in [1.165, 1.54) is 0 Å². The second kappa shape index (κ2) is 6.56. The molecular formula is C13H21N5O. The van der Waals surface area contributed by atoms with Gasteiger partial charge in [-0.25, -0.2) is 4.98 Å². The third-order valence-corrected chi connectivity index (χ3v) is 3.35. The summed E-state index contributed by atoms with van der Waals surface area (Å²) in [5.74, 6) is 0.268.